The molecular weight excluding hydrogens is 317 g/mol. The number of hydrogen-bond acceptors (Lipinski definition) is 2. The fourth-order valence-electron chi connectivity index (χ4n) is 2.43. The topological polar surface area (TPSA) is 35.2 Å². The number of ether oxygens (including phenoxy) is 1. The van der Waals surface area contributed by atoms with E-state index in [-0.39, 0.29) is 12.1 Å². The van der Waals surface area contributed by atoms with Gasteiger partial charge in [0.1, 0.15) is 11.9 Å². The molecule has 0 saturated carbocycles. The smallest absolute Gasteiger partial charge is 0.127 e. The summed E-state index contributed by atoms with van der Waals surface area (Å²) in [5, 5.41) is 1.91. The molecule has 3 rings (SSSR count). The maximum atomic E-state index is 6.23. The molecule has 2 atom stereocenters. The summed E-state index contributed by atoms with van der Waals surface area (Å²) in [6.07, 6.45) is 0.429. The minimum absolute atomic E-state index is 0.141. The number of hydrogen-bond donors (Lipinski definition) is 1. The van der Waals surface area contributed by atoms with Gasteiger partial charge in [0.25, 0.3) is 0 Å². The van der Waals surface area contributed by atoms with Crippen LogP contribution in [0.3, 0.4) is 0 Å². The van der Waals surface area contributed by atoms with Crippen molar-refractivity contribution in [2.75, 3.05) is 0 Å². The molecule has 0 aliphatic carbocycles. The van der Waals surface area contributed by atoms with E-state index in [4.69, 9.17) is 45.3 Å². The zero-order valence-corrected chi connectivity index (χ0v) is 12.7. The highest BCUT2D eigenvalue weighted by Gasteiger charge is 2.28. The van der Waals surface area contributed by atoms with Gasteiger partial charge in [-0.15, -0.1) is 0 Å². The molecular formula is C15H12Cl3NO. The minimum atomic E-state index is -0.204. The first-order valence-electron chi connectivity index (χ1n) is 6.21. The van der Waals surface area contributed by atoms with Crippen LogP contribution in [-0.4, -0.2) is 0 Å². The van der Waals surface area contributed by atoms with Gasteiger partial charge in [-0.25, -0.2) is 0 Å². The molecule has 0 bridgehead atoms. The Morgan fingerprint density at radius 1 is 0.950 bits per heavy atom. The van der Waals surface area contributed by atoms with Crippen molar-refractivity contribution in [2.45, 2.75) is 18.6 Å². The summed E-state index contributed by atoms with van der Waals surface area (Å²) in [6.45, 7) is 0. The molecule has 0 saturated heterocycles. The van der Waals surface area contributed by atoms with Gasteiger partial charge in [-0.3, -0.25) is 0 Å². The van der Waals surface area contributed by atoms with Crippen molar-refractivity contribution < 1.29 is 4.74 Å². The van der Waals surface area contributed by atoms with Crippen LogP contribution in [0, 0.1) is 0 Å². The molecule has 1 unspecified atom stereocenters. The van der Waals surface area contributed by atoms with E-state index < -0.39 is 0 Å². The summed E-state index contributed by atoms with van der Waals surface area (Å²) in [4.78, 5) is 0. The fourth-order valence-corrected chi connectivity index (χ4v) is 3.03. The molecule has 1 aliphatic heterocycles. The molecule has 2 aromatic carbocycles. The van der Waals surface area contributed by atoms with Crippen LogP contribution in [0.1, 0.15) is 29.7 Å². The minimum Gasteiger partial charge on any atom is -0.485 e. The molecule has 2 nitrogen and oxygen atoms in total. The summed E-state index contributed by atoms with van der Waals surface area (Å²) in [6, 6.07) is 10.7. The Morgan fingerprint density at radius 2 is 1.60 bits per heavy atom. The quantitative estimate of drug-likeness (QED) is 0.783. The summed E-state index contributed by atoms with van der Waals surface area (Å²) in [7, 11) is 0. The second-order valence-corrected chi connectivity index (χ2v) is 6.08. The third-order valence-corrected chi connectivity index (χ3v) is 4.23. The normalized spacial score (nSPS) is 21.2. The van der Waals surface area contributed by atoms with Crippen LogP contribution in [0.25, 0.3) is 0 Å². The van der Waals surface area contributed by atoms with Crippen LogP contribution in [-0.2, 0) is 0 Å². The van der Waals surface area contributed by atoms with E-state index in [2.05, 4.69) is 0 Å². The second kappa shape index (κ2) is 5.45. The molecule has 20 heavy (non-hydrogen) atoms. The zero-order chi connectivity index (χ0) is 14.3. The summed E-state index contributed by atoms with van der Waals surface area (Å²) < 4.78 is 6.00. The van der Waals surface area contributed by atoms with Crippen molar-refractivity contribution in [3.63, 3.8) is 0 Å². The van der Waals surface area contributed by atoms with Gasteiger partial charge in [0.15, 0.2) is 0 Å². The van der Waals surface area contributed by atoms with E-state index >= 15 is 0 Å². The lowest BCUT2D eigenvalue weighted by atomic mass is 9.93. The van der Waals surface area contributed by atoms with Crippen LogP contribution in [0.2, 0.25) is 15.1 Å². The lowest BCUT2D eigenvalue weighted by Gasteiger charge is -2.31. The van der Waals surface area contributed by atoms with Gasteiger partial charge in [0.2, 0.25) is 0 Å². The van der Waals surface area contributed by atoms with E-state index in [9.17, 15) is 0 Å². The Kier molecular flexibility index (Phi) is 3.83. The molecule has 2 N–H and O–H groups in total. The molecule has 0 radical (unpaired) electrons. The molecule has 104 valence electrons. The summed E-state index contributed by atoms with van der Waals surface area (Å²) in [5.41, 5.74) is 8.00. The third kappa shape index (κ3) is 2.61. The Labute approximate surface area is 132 Å². The number of halogens is 3. The second-order valence-electron chi connectivity index (χ2n) is 4.80. The average molecular weight is 329 g/mol. The van der Waals surface area contributed by atoms with Crippen molar-refractivity contribution >= 4 is 34.8 Å². The molecule has 0 spiro atoms. The molecule has 2 aromatic rings. The summed E-state index contributed by atoms with van der Waals surface area (Å²) in [5.74, 6) is 0.745. The van der Waals surface area contributed by atoms with Crippen molar-refractivity contribution in [3.05, 3.63) is 62.6 Å². The van der Waals surface area contributed by atoms with Crippen molar-refractivity contribution in [3.8, 4) is 5.75 Å². The van der Waals surface area contributed by atoms with Crippen LogP contribution in [0.5, 0.6) is 5.75 Å². The van der Waals surface area contributed by atoms with E-state index in [1.165, 1.54) is 0 Å². The highest BCUT2D eigenvalue weighted by Crippen LogP contribution is 2.42. The predicted molar refractivity (Wildman–Crippen MR) is 82.8 cm³/mol. The first-order valence-corrected chi connectivity index (χ1v) is 7.34. The van der Waals surface area contributed by atoms with Crippen LogP contribution < -0.4 is 10.5 Å². The third-order valence-electron chi connectivity index (χ3n) is 3.41. The highest BCUT2D eigenvalue weighted by molar-refractivity contribution is 6.33. The van der Waals surface area contributed by atoms with E-state index in [0.29, 0.717) is 21.5 Å². The van der Waals surface area contributed by atoms with Gasteiger partial charge in [-0.1, -0.05) is 34.8 Å². The number of nitrogens with two attached hydrogens (primary N) is 1. The Bertz CT molecular complexity index is 660. The number of fused-ring (bicyclic) bond motifs is 1. The predicted octanol–water partition coefficient (Wildman–Crippen LogP) is 5.17. The van der Waals surface area contributed by atoms with Crippen molar-refractivity contribution in [2.24, 2.45) is 5.73 Å². The van der Waals surface area contributed by atoms with E-state index in [1.54, 1.807) is 18.2 Å². The summed E-state index contributed by atoms with van der Waals surface area (Å²) >= 11 is 18.3. The van der Waals surface area contributed by atoms with E-state index in [0.717, 1.165) is 16.9 Å². The average Bonchev–Trinajstić information content (AvgIpc) is 2.42. The SMILES string of the molecule is N[C@@H]1CC(c2cc(Cl)ccc2Cl)Oc2ccc(Cl)cc21. The number of rotatable bonds is 1. The van der Waals surface area contributed by atoms with E-state index in [1.807, 2.05) is 18.2 Å². The van der Waals surface area contributed by atoms with Gasteiger partial charge in [-0.05, 0) is 36.4 Å². The maximum Gasteiger partial charge on any atom is 0.127 e. The fraction of sp³-hybridized carbons (Fsp3) is 0.200. The number of benzene rings is 2. The van der Waals surface area contributed by atoms with Crippen LogP contribution >= 0.6 is 34.8 Å². The Balaban J connectivity index is 1.99. The first kappa shape index (κ1) is 14.0. The standard InChI is InChI=1S/C15H12Cl3NO/c16-8-1-3-12(18)10(5-8)15-7-13(19)11-6-9(17)2-4-14(11)20-15/h1-6,13,15H,7,19H2/t13-,15?/m1/s1. The molecule has 5 heteroatoms. The molecule has 1 aliphatic rings. The van der Waals surface area contributed by atoms with Gasteiger partial charge >= 0.3 is 0 Å². The van der Waals surface area contributed by atoms with Crippen LogP contribution in [0.4, 0.5) is 0 Å². The largest absolute Gasteiger partial charge is 0.485 e. The first-order chi connectivity index (χ1) is 9.54. The van der Waals surface area contributed by atoms with Crippen molar-refractivity contribution in [1.82, 2.24) is 0 Å². The van der Waals surface area contributed by atoms with Gasteiger partial charge in [0.05, 0.1) is 0 Å². The highest BCUT2D eigenvalue weighted by atomic mass is 35.5. The molecule has 0 aromatic heterocycles. The lowest BCUT2D eigenvalue weighted by Crippen LogP contribution is -2.24. The van der Waals surface area contributed by atoms with Gasteiger partial charge < -0.3 is 10.5 Å². The zero-order valence-electron chi connectivity index (χ0n) is 10.4. The molecule has 0 amide bonds. The van der Waals surface area contributed by atoms with Crippen LogP contribution in [0.15, 0.2) is 36.4 Å². The van der Waals surface area contributed by atoms with Gasteiger partial charge in [0, 0.05) is 38.7 Å². The maximum absolute atomic E-state index is 6.23. The molecule has 0 fully saturated rings. The molecule has 1 heterocycles. The monoisotopic (exact) mass is 327 g/mol. The Hall–Kier alpha value is -0.930. The van der Waals surface area contributed by atoms with Crippen molar-refractivity contribution in [1.29, 1.82) is 0 Å². The van der Waals surface area contributed by atoms with Gasteiger partial charge in [-0.2, -0.15) is 0 Å². The Morgan fingerprint density at radius 3 is 2.35 bits per heavy atom. The lowest BCUT2D eigenvalue weighted by molar-refractivity contribution is 0.161.